The van der Waals surface area contributed by atoms with Crippen LogP contribution in [-0.4, -0.2) is 69.4 Å². The molecule has 0 fully saturated rings. The Balaban J connectivity index is 5.09. The second-order valence-corrected chi connectivity index (χ2v) is 26.5. The van der Waals surface area contributed by atoms with Crippen LogP contribution < -0.4 is 10.2 Å². The summed E-state index contributed by atoms with van der Waals surface area (Å²) >= 11 is 0. The number of unbranched alkanes of at least 4 members (excludes halogenated alkanes) is 40. The number of amides is 1. The zero-order valence-corrected chi connectivity index (χ0v) is 55.8. The number of nitrogens with zero attached hydrogens (tertiary/aromatic N) is 1. The zero-order valence-electron chi connectivity index (χ0n) is 54.9. The third kappa shape index (κ3) is 62.2. The van der Waals surface area contributed by atoms with E-state index in [0.717, 1.165) is 77.0 Å². The Morgan fingerprint density at radius 3 is 1.15 bits per heavy atom. The van der Waals surface area contributed by atoms with Crippen LogP contribution in [0.3, 0.4) is 0 Å². The molecule has 0 spiro atoms. The van der Waals surface area contributed by atoms with E-state index < -0.39 is 26.6 Å². The van der Waals surface area contributed by atoms with Crippen molar-refractivity contribution in [3.05, 3.63) is 60.8 Å². The molecule has 0 aliphatic carbocycles. The molecule has 0 saturated carbocycles. The van der Waals surface area contributed by atoms with Gasteiger partial charge in [-0.05, 0) is 76.7 Å². The number of allylic oxidation sites excluding steroid dienone is 9. The fraction of sp³-hybridized carbons (Fsp3) is 0.833. The van der Waals surface area contributed by atoms with Gasteiger partial charge in [-0.2, -0.15) is 0 Å². The van der Waals surface area contributed by atoms with Gasteiger partial charge in [0.15, 0.2) is 0 Å². The first-order chi connectivity index (χ1) is 39.9. The first-order valence-corrected chi connectivity index (χ1v) is 36.6. The second kappa shape index (κ2) is 61.8. The fourth-order valence-electron chi connectivity index (χ4n) is 10.3. The highest BCUT2D eigenvalue weighted by Gasteiger charge is 2.27. The number of rotatable bonds is 64. The van der Waals surface area contributed by atoms with Gasteiger partial charge in [-0.15, -0.1) is 0 Å². The molecule has 0 saturated heterocycles. The Morgan fingerprint density at radius 2 is 0.744 bits per heavy atom. The number of quaternary nitrogens is 1. The predicted molar refractivity (Wildman–Crippen MR) is 353 cm³/mol. The molecule has 3 unspecified atom stereocenters. The first kappa shape index (κ1) is 79.7. The molecule has 1 N–H and O–H groups in total. The summed E-state index contributed by atoms with van der Waals surface area (Å²) in [5, 5.41) is 3.02. The maximum atomic E-state index is 13.6. The van der Waals surface area contributed by atoms with Crippen LogP contribution in [0.25, 0.3) is 0 Å². The lowest BCUT2D eigenvalue weighted by molar-refractivity contribution is -0.870. The highest BCUT2D eigenvalue weighted by atomic mass is 31.2. The van der Waals surface area contributed by atoms with Crippen molar-refractivity contribution in [2.24, 2.45) is 0 Å². The largest absolute Gasteiger partial charge is 0.756 e. The highest BCUT2D eigenvalue weighted by Crippen LogP contribution is 2.38. The van der Waals surface area contributed by atoms with Crippen LogP contribution in [0.4, 0.5) is 0 Å². The highest BCUT2D eigenvalue weighted by molar-refractivity contribution is 7.45. The van der Waals surface area contributed by atoms with E-state index in [1.54, 1.807) is 0 Å². The van der Waals surface area contributed by atoms with Crippen molar-refractivity contribution in [1.82, 2.24) is 5.32 Å². The molecule has 82 heavy (non-hydrogen) atoms. The summed E-state index contributed by atoms with van der Waals surface area (Å²) in [4.78, 5) is 40.1. The molecule has 10 heteroatoms. The smallest absolute Gasteiger partial charge is 0.306 e. The molecular formula is C72H135N2O7P. The van der Waals surface area contributed by atoms with E-state index in [1.165, 1.54) is 218 Å². The number of carbonyl (C=O) groups is 2. The number of nitrogens with one attached hydrogen (secondary N) is 1. The summed E-state index contributed by atoms with van der Waals surface area (Å²) in [6, 6.07) is -0.905. The Kier molecular flexibility index (Phi) is 60.1. The van der Waals surface area contributed by atoms with Crippen LogP contribution >= 0.6 is 7.82 Å². The Bertz CT molecular complexity index is 1590. The van der Waals surface area contributed by atoms with Gasteiger partial charge in [-0.1, -0.05) is 307 Å². The Hall–Kier alpha value is -2.29. The molecule has 0 radical (unpaired) electrons. The number of phosphoric acid groups is 1. The van der Waals surface area contributed by atoms with Crippen LogP contribution in [0, 0.1) is 0 Å². The lowest BCUT2D eigenvalue weighted by Gasteiger charge is -2.30. The molecule has 0 aromatic rings. The van der Waals surface area contributed by atoms with Crippen molar-refractivity contribution in [2.45, 2.75) is 348 Å². The quantitative estimate of drug-likeness (QED) is 0.0212. The van der Waals surface area contributed by atoms with E-state index in [2.05, 4.69) is 74.7 Å². The molecule has 0 heterocycles. The number of hydrogen-bond acceptors (Lipinski definition) is 7. The van der Waals surface area contributed by atoms with Crippen LogP contribution in [-0.2, 0) is 27.9 Å². The van der Waals surface area contributed by atoms with Crippen LogP contribution in [0.1, 0.15) is 335 Å². The monoisotopic (exact) mass is 1170 g/mol. The average molecular weight is 1170 g/mol. The van der Waals surface area contributed by atoms with Gasteiger partial charge in [0.1, 0.15) is 19.3 Å². The number of esters is 1. The summed E-state index contributed by atoms with van der Waals surface area (Å²) in [7, 11) is 1.17. The number of carbonyl (C=O) groups excluding carboxylic acids is 2. The molecule has 9 nitrogen and oxygen atoms in total. The molecular weight excluding hydrogens is 1040 g/mol. The zero-order chi connectivity index (χ0) is 60.0. The van der Waals surface area contributed by atoms with Crippen molar-refractivity contribution in [1.29, 1.82) is 0 Å². The topological polar surface area (TPSA) is 114 Å². The van der Waals surface area contributed by atoms with E-state index in [9.17, 15) is 19.0 Å². The molecule has 3 atom stereocenters. The standard InChI is InChI=1S/C72H135N2O7P/c1-7-10-13-16-19-22-25-28-30-32-34-35-36-37-38-39-41-43-45-47-50-53-56-59-62-65-72(76)81-70(63-60-57-54-51-48-27-24-21-18-15-12-9-3)69(68-80-82(77,78)79-67-66-74(4,5)6)73-71(75)64-61-58-55-52-49-46-44-42-40-33-31-29-26-23-20-17-14-11-8-2/h20,23,29,31,40,42,46,49,60,63,69-70H,7-19,21-22,24-28,30,32-39,41,43-45,47-48,50-59,61-62,64-68H2,1-6H3,(H-,73,75,77,78)/b23-20-,31-29-,42-40-,49-46-,63-60-. The number of ether oxygens (including phenoxy) is 1. The summed E-state index contributed by atoms with van der Waals surface area (Å²) < 4.78 is 30.4. The summed E-state index contributed by atoms with van der Waals surface area (Å²) in [5.41, 5.74) is 0. The molecule has 0 bridgehead atoms. The van der Waals surface area contributed by atoms with Gasteiger partial charge in [-0.25, -0.2) is 0 Å². The Morgan fingerprint density at radius 1 is 0.427 bits per heavy atom. The predicted octanol–water partition coefficient (Wildman–Crippen LogP) is 21.5. The van der Waals surface area contributed by atoms with Gasteiger partial charge >= 0.3 is 5.97 Å². The normalized spacial score (nSPS) is 13.9. The molecule has 0 aliphatic rings. The lowest BCUT2D eigenvalue weighted by Crippen LogP contribution is -2.47. The third-order valence-electron chi connectivity index (χ3n) is 15.7. The number of hydrogen-bond donors (Lipinski definition) is 1. The van der Waals surface area contributed by atoms with Gasteiger partial charge in [0.2, 0.25) is 5.91 Å². The van der Waals surface area contributed by atoms with Gasteiger partial charge in [-0.3, -0.25) is 14.2 Å². The van der Waals surface area contributed by atoms with Crippen molar-refractivity contribution >= 4 is 19.7 Å². The van der Waals surface area contributed by atoms with Crippen LogP contribution in [0.2, 0.25) is 0 Å². The molecule has 0 rings (SSSR count). The van der Waals surface area contributed by atoms with Crippen LogP contribution in [0.15, 0.2) is 60.8 Å². The summed E-state index contributed by atoms with van der Waals surface area (Å²) in [6.07, 6.45) is 79.2. The third-order valence-corrected chi connectivity index (χ3v) is 16.7. The number of phosphoric ester groups is 1. The minimum absolute atomic E-state index is 0.0286. The molecule has 0 aromatic carbocycles. The number of likely N-dealkylation sites (N-methyl/N-ethyl adjacent to an activating group) is 1. The molecule has 480 valence electrons. The van der Waals surface area contributed by atoms with Crippen LogP contribution in [0.5, 0.6) is 0 Å². The average Bonchev–Trinajstić information content (AvgIpc) is 3.47. The van der Waals surface area contributed by atoms with Crippen molar-refractivity contribution in [3.8, 4) is 0 Å². The molecule has 0 aliphatic heterocycles. The molecule has 1 amide bonds. The van der Waals surface area contributed by atoms with E-state index in [1.807, 2.05) is 33.3 Å². The lowest BCUT2D eigenvalue weighted by atomic mass is 10.0. The minimum Gasteiger partial charge on any atom is -0.756 e. The summed E-state index contributed by atoms with van der Waals surface area (Å²) in [6.45, 7) is 6.83. The van der Waals surface area contributed by atoms with Crippen molar-refractivity contribution in [2.75, 3.05) is 40.9 Å². The SMILES string of the molecule is CCCCC/C=C\C/C=C\C/C=C\C/C=C\CCCCCC(=O)NC(COP(=O)([O-])OCC[N+](C)(C)C)C(/C=C\CCCCCCCCCCCC)OC(=O)CCCCCCCCCCCCCCCCCCCCCCCCCCC. The van der Waals surface area contributed by atoms with Gasteiger partial charge in [0.25, 0.3) is 7.82 Å². The minimum atomic E-state index is -4.71. The van der Waals surface area contributed by atoms with E-state index >= 15 is 0 Å². The first-order valence-electron chi connectivity index (χ1n) is 35.1. The van der Waals surface area contributed by atoms with E-state index in [4.69, 9.17) is 13.8 Å². The maximum Gasteiger partial charge on any atom is 0.306 e. The maximum absolute atomic E-state index is 13.6. The van der Waals surface area contributed by atoms with Gasteiger partial charge in [0.05, 0.1) is 33.8 Å². The second-order valence-electron chi connectivity index (χ2n) is 25.0. The summed E-state index contributed by atoms with van der Waals surface area (Å²) in [5.74, 6) is -0.564. The fourth-order valence-corrected chi connectivity index (χ4v) is 11.0. The Labute approximate surface area is 509 Å². The van der Waals surface area contributed by atoms with E-state index in [0.29, 0.717) is 17.4 Å². The molecule has 0 aromatic heterocycles. The van der Waals surface area contributed by atoms with Crippen molar-refractivity contribution in [3.63, 3.8) is 0 Å². The van der Waals surface area contributed by atoms with E-state index in [-0.39, 0.29) is 31.3 Å². The van der Waals surface area contributed by atoms with Gasteiger partial charge < -0.3 is 28.5 Å². The van der Waals surface area contributed by atoms with Gasteiger partial charge in [0, 0.05) is 12.8 Å². The van der Waals surface area contributed by atoms with Crippen molar-refractivity contribution < 1.29 is 37.3 Å².